The first-order valence-corrected chi connectivity index (χ1v) is 3.93. The molecular formula is C4H2Cl3NS. The lowest BCUT2D eigenvalue weighted by Gasteiger charge is -2.11. The van der Waals surface area contributed by atoms with Crippen LogP contribution in [0.3, 0.4) is 0 Å². The Morgan fingerprint density at radius 2 is 2.11 bits per heavy atom. The van der Waals surface area contributed by atoms with Crippen LogP contribution in [0.4, 0.5) is 0 Å². The van der Waals surface area contributed by atoms with Crippen LogP contribution < -0.4 is 0 Å². The molecule has 9 heavy (non-hydrogen) atoms. The van der Waals surface area contributed by atoms with E-state index in [-0.39, 0.29) is 0 Å². The zero-order chi connectivity index (χ0) is 6.85. The van der Waals surface area contributed by atoms with Crippen molar-refractivity contribution in [1.82, 2.24) is 3.82 Å². The van der Waals surface area contributed by atoms with E-state index in [1.54, 1.807) is 12.3 Å². The van der Waals surface area contributed by atoms with Crippen LogP contribution in [-0.4, -0.2) is 3.82 Å². The quantitative estimate of drug-likeness (QED) is 0.438. The summed E-state index contributed by atoms with van der Waals surface area (Å²) < 4.78 is 1.89. The van der Waals surface area contributed by atoms with E-state index in [2.05, 4.69) is 0 Å². The van der Waals surface area contributed by atoms with Crippen molar-refractivity contribution in [2.45, 2.75) is 0 Å². The first-order valence-electron chi connectivity index (χ1n) is 2.06. The number of halogens is 3. The molecule has 50 valence electrons. The number of nitrogens with zero attached hydrogens (tertiary/aromatic N) is 1. The van der Waals surface area contributed by atoms with Crippen LogP contribution in [0.15, 0.2) is 21.7 Å². The van der Waals surface area contributed by atoms with Gasteiger partial charge in [-0.05, 0) is 6.08 Å². The summed E-state index contributed by atoms with van der Waals surface area (Å²) in [6, 6.07) is 0. The van der Waals surface area contributed by atoms with E-state index in [0.29, 0.717) is 9.40 Å². The average molecular weight is 202 g/mol. The van der Waals surface area contributed by atoms with E-state index < -0.39 is 0 Å². The molecule has 0 aromatic rings. The van der Waals surface area contributed by atoms with Crippen molar-refractivity contribution in [3.63, 3.8) is 0 Å². The first kappa shape index (κ1) is 7.61. The maximum Gasteiger partial charge on any atom is 0.0973 e. The second kappa shape index (κ2) is 3.06. The van der Waals surface area contributed by atoms with Crippen LogP contribution in [0.5, 0.6) is 0 Å². The fourth-order valence-electron chi connectivity index (χ4n) is 0.379. The summed E-state index contributed by atoms with van der Waals surface area (Å²) in [6.07, 6.45) is 3.20. The molecule has 1 heterocycles. The maximum atomic E-state index is 5.58. The molecule has 1 nitrogen and oxygen atoms in total. The van der Waals surface area contributed by atoms with Crippen LogP contribution in [0, 0.1) is 0 Å². The lowest BCUT2D eigenvalue weighted by atomic mass is 10.6. The summed E-state index contributed by atoms with van der Waals surface area (Å²) in [4.78, 5) is 0. The summed E-state index contributed by atoms with van der Waals surface area (Å²) in [5.41, 5.74) is 0. The van der Waals surface area contributed by atoms with E-state index in [0.717, 1.165) is 0 Å². The van der Waals surface area contributed by atoms with Gasteiger partial charge in [0.2, 0.25) is 0 Å². The van der Waals surface area contributed by atoms with Gasteiger partial charge in [-0.2, -0.15) is 0 Å². The highest BCUT2D eigenvalue weighted by Gasteiger charge is 2.07. The summed E-state index contributed by atoms with van der Waals surface area (Å²) in [6.45, 7) is 0. The molecule has 0 atom stereocenters. The second-order valence-corrected chi connectivity index (χ2v) is 3.97. The molecular weight excluding hydrogens is 200 g/mol. The van der Waals surface area contributed by atoms with Crippen molar-refractivity contribution in [3.05, 3.63) is 21.7 Å². The second-order valence-electron chi connectivity index (χ2n) is 1.33. The first-order chi connectivity index (χ1) is 4.18. The Kier molecular flexibility index (Phi) is 2.59. The predicted molar refractivity (Wildman–Crippen MR) is 43.2 cm³/mol. The van der Waals surface area contributed by atoms with Gasteiger partial charge in [0, 0.05) is 29.9 Å². The monoisotopic (exact) mass is 201 g/mol. The lowest BCUT2D eigenvalue weighted by molar-refractivity contribution is 1.01. The predicted octanol–water partition coefficient (Wildman–Crippen LogP) is 3.26. The van der Waals surface area contributed by atoms with Gasteiger partial charge in [-0.1, -0.05) is 23.2 Å². The molecule has 0 amide bonds. The van der Waals surface area contributed by atoms with Crippen LogP contribution >= 0.6 is 46.9 Å². The Labute approximate surface area is 72.5 Å². The van der Waals surface area contributed by atoms with E-state index in [1.165, 1.54) is 15.8 Å². The molecule has 0 fully saturated rings. The van der Waals surface area contributed by atoms with Gasteiger partial charge < -0.3 is 0 Å². The largest absolute Gasteiger partial charge is 0.227 e. The highest BCUT2D eigenvalue weighted by atomic mass is 35.5. The molecule has 1 rings (SSSR count). The molecule has 0 aliphatic carbocycles. The Balaban J connectivity index is 2.74. The smallest absolute Gasteiger partial charge is 0.0973 e. The molecule has 0 saturated carbocycles. The maximum absolute atomic E-state index is 5.58. The van der Waals surface area contributed by atoms with Crippen molar-refractivity contribution in [2.75, 3.05) is 0 Å². The highest BCUT2D eigenvalue weighted by Crippen LogP contribution is 2.33. The molecule has 0 bridgehead atoms. The van der Waals surface area contributed by atoms with Crippen LogP contribution in [0.25, 0.3) is 0 Å². The van der Waals surface area contributed by atoms with Crippen molar-refractivity contribution in [1.29, 1.82) is 0 Å². The van der Waals surface area contributed by atoms with Gasteiger partial charge in [-0.15, -0.1) is 0 Å². The Hall–Kier alpha value is 0.500. The third-order valence-corrected chi connectivity index (χ3v) is 2.05. The third-order valence-electron chi connectivity index (χ3n) is 0.651. The van der Waals surface area contributed by atoms with E-state index in [1.807, 2.05) is 0 Å². The number of allylic oxidation sites excluding steroid dienone is 2. The molecule has 0 unspecified atom stereocenters. The normalized spacial score (nSPS) is 19.2. The van der Waals surface area contributed by atoms with Crippen molar-refractivity contribution < 1.29 is 0 Å². The van der Waals surface area contributed by atoms with Gasteiger partial charge in [0.25, 0.3) is 0 Å². The molecule has 1 aliphatic heterocycles. The van der Waals surface area contributed by atoms with Crippen molar-refractivity contribution >= 4 is 46.9 Å². The summed E-state index contributed by atoms with van der Waals surface area (Å²) in [5.74, 6) is 0. The van der Waals surface area contributed by atoms with Crippen LogP contribution in [-0.2, 0) is 0 Å². The fraction of sp³-hybridized carbons (Fsp3) is 0. The summed E-state index contributed by atoms with van der Waals surface area (Å²) in [7, 11) is 0. The molecule has 0 radical (unpaired) electrons. The van der Waals surface area contributed by atoms with Gasteiger partial charge in [-0.3, -0.25) is 0 Å². The van der Waals surface area contributed by atoms with Gasteiger partial charge in [0.05, 0.1) is 9.40 Å². The Morgan fingerprint density at radius 1 is 1.44 bits per heavy atom. The van der Waals surface area contributed by atoms with Gasteiger partial charge in [0.1, 0.15) is 0 Å². The van der Waals surface area contributed by atoms with E-state index >= 15 is 0 Å². The zero-order valence-electron chi connectivity index (χ0n) is 4.14. The average Bonchev–Trinajstić information content (AvgIpc) is 1.59. The topological polar surface area (TPSA) is 3.24 Å². The Bertz CT molecular complexity index is 177. The number of hydrogen-bond donors (Lipinski definition) is 0. The SMILES string of the molecule is ClC1=CN(Cl)SC(Cl)=C1. The van der Waals surface area contributed by atoms with Crippen LogP contribution in [0.1, 0.15) is 0 Å². The zero-order valence-corrected chi connectivity index (χ0v) is 7.23. The fourth-order valence-corrected chi connectivity index (χ4v) is 2.10. The molecule has 0 aromatic heterocycles. The minimum absolute atomic E-state index is 0.536. The van der Waals surface area contributed by atoms with Gasteiger partial charge >= 0.3 is 0 Å². The lowest BCUT2D eigenvalue weighted by Crippen LogP contribution is -1.94. The minimum atomic E-state index is 0.536. The third kappa shape index (κ3) is 2.30. The van der Waals surface area contributed by atoms with Gasteiger partial charge in [0.15, 0.2) is 0 Å². The number of rotatable bonds is 0. The molecule has 5 heteroatoms. The summed E-state index contributed by atoms with van der Waals surface area (Å²) >= 11 is 17.9. The van der Waals surface area contributed by atoms with E-state index in [9.17, 15) is 0 Å². The van der Waals surface area contributed by atoms with E-state index in [4.69, 9.17) is 35.0 Å². The molecule has 0 spiro atoms. The molecule has 0 aromatic carbocycles. The van der Waals surface area contributed by atoms with Gasteiger partial charge in [-0.25, -0.2) is 3.82 Å². The molecule has 1 aliphatic rings. The highest BCUT2D eigenvalue weighted by molar-refractivity contribution is 8.03. The molecule has 0 N–H and O–H groups in total. The minimum Gasteiger partial charge on any atom is -0.227 e. The van der Waals surface area contributed by atoms with Crippen molar-refractivity contribution in [2.24, 2.45) is 0 Å². The standard InChI is InChI=1S/C4H2Cl3NS/c5-3-1-4(6)9-8(7)2-3/h1-2H. The Morgan fingerprint density at radius 3 is 2.56 bits per heavy atom. The summed E-state index contributed by atoms with van der Waals surface area (Å²) in [5, 5.41) is 0.536. The van der Waals surface area contributed by atoms with Crippen LogP contribution in [0.2, 0.25) is 0 Å². The van der Waals surface area contributed by atoms with Crippen molar-refractivity contribution in [3.8, 4) is 0 Å². The number of hydrogen-bond acceptors (Lipinski definition) is 2. The molecule has 0 saturated heterocycles.